The third-order valence-electron chi connectivity index (χ3n) is 3.42. The average Bonchev–Trinajstić information content (AvgIpc) is 2.35. The Kier molecular flexibility index (Phi) is 4.25. The SMILES string of the molecule is Cc1ccc(S(=O)(=O)N[C@@H]2CCOC[C@H]2O)cc1C. The van der Waals surface area contributed by atoms with E-state index >= 15 is 0 Å². The number of benzene rings is 1. The van der Waals surface area contributed by atoms with Crippen molar-refractivity contribution in [3.63, 3.8) is 0 Å². The van der Waals surface area contributed by atoms with Gasteiger partial charge in [0.2, 0.25) is 10.0 Å². The fourth-order valence-electron chi connectivity index (χ4n) is 2.01. The first-order valence-electron chi connectivity index (χ1n) is 6.25. The van der Waals surface area contributed by atoms with Gasteiger partial charge in [-0.25, -0.2) is 13.1 Å². The number of aliphatic hydroxyl groups excluding tert-OH is 1. The van der Waals surface area contributed by atoms with Gasteiger partial charge in [0.15, 0.2) is 0 Å². The number of sulfonamides is 1. The molecule has 1 aliphatic rings. The van der Waals surface area contributed by atoms with Crippen LogP contribution in [0, 0.1) is 13.8 Å². The molecule has 19 heavy (non-hydrogen) atoms. The molecule has 0 radical (unpaired) electrons. The van der Waals surface area contributed by atoms with Crippen LogP contribution in [0.5, 0.6) is 0 Å². The lowest BCUT2D eigenvalue weighted by Gasteiger charge is -2.28. The van der Waals surface area contributed by atoms with Gasteiger partial charge in [-0.05, 0) is 43.5 Å². The van der Waals surface area contributed by atoms with E-state index in [0.29, 0.717) is 13.0 Å². The molecule has 106 valence electrons. The van der Waals surface area contributed by atoms with Crippen molar-refractivity contribution >= 4 is 10.0 Å². The molecule has 0 aromatic heterocycles. The summed E-state index contributed by atoms with van der Waals surface area (Å²) in [6.45, 7) is 4.43. The van der Waals surface area contributed by atoms with Crippen LogP contribution in [0.4, 0.5) is 0 Å². The van der Waals surface area contributed by atoms with Crippen LogP contribution >= 0.6 is 0 Å². The van der Waals surface area contributed by atoms with E-state index in [1.54, 1.807) is 18.2 Å². The topological polar surface area (TPSA) is 75.6 Å². The lowest BCUT2D eigenvalue weighted by Crippen LogP contribution is -2.48. The molecule has 0 unspecified atom stereocenters. The molecular formula is C13H19NO4S. The summed E-state index contributed by atoms with van der Waals surface area (Å²) < 4.78 is 32.1. The summed E-state index contributed by atoms with van der Waals surface area (Å²) in [5.74, 6) is 0. The van der Waals surface area contributed by atoms with Gasteiger partial charge in [-0.15, -0.1) is 0 Å². The number of nitrogens with one attached hydrogen (secondary N) is 1. The van der Waals surface area contributed by atoms with Crippen molar-refractivity contribution in [2.45, 2.75) is 37.3 Å². The molecule has 2 rings (SSSR count). The highest BCUT2D eigenvalue weighted by atomic mass is 32.2. The molecule has 5 nitrogen and oxygen atoms in total. The van der Waals surface area contributed by atoms with Crippen molar-refractivity contribution in [3.05, 3.63) is 29.3 Å². The standard InChI is InChI=1S/C13H19NO4S/c1-9-3-4-11(7-10(9)2)19(16,17)14-12-5-6-18-8-13(12)15/h3-4,7,12-15H,5-6,8H2,1-2H3/t12-,13-/m1/s1. The quantitative estimate of drug-likeness (QED) is 0.858. The van der Waals surface area contributed by atoms with Gasteiger partial charge in [-0.1, -0.05) is 6.07 Å². The summed E-state index contributed by atoms with van der Waals surface area (Å²) in [6, 6.07) is 4.52. The normalized spacial score (nSPS) is 24.4. The fourth-order valence-corrected chi connectivity index (χ4v) is 3.40. The summed E-state index contributed by atoms with van der Waals surface area (Å²) in [7, 11) is -3.60. The maximum Gasteiger partial charge on any atom is 0.240 e. The summed E-state index contributed by atoms with van der Waals surface area (Å²) in [5, 5.41) is 9.73. The van der Waals surface area contributed by atoms with Crippen molar-refractivity contribution in [2.75, 3.05) is 13.2 Å². The third-order valence-corrected chi connectivity index (χ3v) is 4.91. The summed E-state index contributed by atoms with van der Waals surface area (Å²) in [4.78, 5) is 0.231. The van der Waals surface area contributed by atoms with Gasteiger partial charge in [-0.2, -0.15) is 0 Å². The van der Waals surface area contributed by atoms with Crippen LogP contribution in [0.2, 0.25) is 0 Å². The van der Waals surface area contributed by atoms with Crippen LogP contribution in [0.1, 0.15) is 17.5 Å². The van der Waals surface area contributed by atoms with Crippen molar-refractivity contribution < 1.29 is 18.3 Å². The van der Waals surface area contributed by atoms with Crippen LogP contribution in [0.25, 0.3) is 0 Å². The summed E-state index contributed by atoms with van der Waals surface area (Å²) in [5.41, 5.74) is 1.97. The maximum absolute atomic E-state index is 12.2. The van der Waals surface area contributed by atoms with Crippen LogP contribution in [-0.2, 0) is 14.8 Å². The molecule has 0 bridgehead atoms. The molecule has 6 heteroatoms. The minimum atomic E-state index is -3.60. The van der Waals surface area contributed by atoms with E-state index in [-0.39, 0.29) is 11.5 Å². The van der Waals surface area contributed by atoms with Gasteiger partial charge in [0.05, 0.1) is 23.6 Å². The van der Waals surface area contributed by atoms with E-state index in [1.165, 1.54) is 0 Å². The van der Waals surface area contributed by atoms with Crippen molar-refractivity contribution in [1.82, 2.24) is 4.72 Å². The smallest absolute Gasteiger partial charge is 0.240 e. The number of aliphatic hydroxyl groups is 1. The molecule has 1 heterocycles. The second-order valence-electron chi connectivity index (χ2n) is 4.90. The van der Waals surface area contributed by atoms with Gasteiger partial charge < -0.3 is 9.84 Å². The first-order chi connectivity index (χ1) is 8.90. The monoisotopic (exact) mass is 285 g/mol. The predicted octanol–water partition coefficient (Wildman–Crippen LogP) is 0.732. The molecule has 1 saturated heterocycles. The van der Waals surface area contributed by atoms with Crippen molar-refractivity contribution in [2.24, 2.45) is 0 Å². The molecule has 2 atom stereocenters. The Morgan fingerprint density at radius 1 is 1.32 bits per heavy atom. The highest BCUT2D eigenvalue weighted by Crippen LogP contribution is 2.17. The Morgan fingerprint density at radius 2 is 2.05 bits per heavy atom. The minimum absolute atomic E-state index is 0.167. The lowest BCUT2D eigenvalue weighted by atomic mass is 10.1. The number of ether oxygens (including phenoxy) is 1. The fraction of sp³-hybridized carbons (Fsp3) is 0.538. The van der Waals surface area contributed by atoms with Gasteiger partial charge >= 0.3 is 0 Å². The molecule has 1 aromatic carbocycles. The van der Waals surface area contributed by atoms with E-state index < -0.39 is 22.2 Å². The Morgan fingerprint density at radius 3 is 2.68 bits per heavy atom. The van der Waals surface area contributed by atoms with Crippen LogP contribution < -0.4 is 4.72 Å². The number of hydrogen-bond donors (Lipinski definition) is 2. The molecule has 1 aliphatic heterocycles. The van der Waals surface area contributed by atoms with E-state index in [0.717, 1.165) is 11.1 Å². The zero-order valence-corrected chi connectivity index (χ0v) is 11.9. The van der Waals surface area contributed by atoms with Gasteiger partial charge in [-0.3, -0.25) is 0 Å². The largest absolute Gasteiger partial charge is 0.389 e. The molecule has 0 amide bonds. The summed E-state index contributed by atoms with van der Waals surface area (Å²) in [6.07, 6.45) is -0.319. The van der Waals surface area contributed by atoms with Crippen molar-refractivity contribution in [3.8, 4) is 0 Å². The highest BCUT2D eigenvalue weighted by molar-refractivity contribution is 7.89. The van der Waals surface area contributed by atoms with Gasteiger partial charge in [0, 0.05) is 6.61 Å². The van der Waals surface area contributed by atoms with Gasteiger partial charge in [0.1, 0.15) is 0 Å². The number of aryl methyl sites for hydroxylation is 2. The molecule has 0 saturated carbocycles. The molecular weight excluding hydrogens is 266 g/mol. The Labute approximate surface area is 113 Å². The average molecular weight is 285 g/mol. The molecule has 1 fully saturated rings. The van der Waals surface area contributed by atoms with E-state index in [4.69, 9.17) is 4.74 Å². The third kappa shape index (κ3) is 3.33. The van der Waals surface area contributed by atoms with Crippen molar-refractivity contribution in [1.29, 1.82) is 0 Å². The lowest BCUT2D eigenvalue weighted by molar-refractivity contribution is -0.0222. The molecule has 0 spiro atoms. The van der Waals surface area contributed by atoms with Crippen LogP contribution in [-0.4, -0.2) is 38.9 Å². The first-order valence-corrected chi connectivity index (χ1v) is 7.74. The second-order valence-corrected chi connectivity index (χ2v) is 6.62. The molecule has 1 aromatic rings. The summed E-state index contributed by atoms with van der Waals surface area (Å²) >= 11 is 0. The Bertz CT molecular complexity index is 556. The second kappa shape index (κ2) is 5.58. The highest BCUT2D eigenvalue weighted by Gasteiger charge is 2.28. The Balaban J connectivity index is 2.19. The molecule has 2 N–H and O–H groups in total. The predicted molar refractivity (Wildman–Crippen MR) is 71.5 cm³/mol. The zero-order valence-electron chi connectivity index (χ0n) is 11.1. The van der Waals surface area contributed by atoms with Crippen LogP contribution in [0.3, 0.4) is 0 Å². The van der Waals surface area contributed by atoms with Crippen LogP contribution in [0.15, 0.2) is 23.1 Å². The van der Waals surface area contributed by atoms with Gasteiger partial charge in [0.25, 0.3) is 0 Å². The van der Waals surface area contributed by atoms with E-state index in [9.17, 15) is 13.5 Å². The minimum Gasteiger partial charge on any atom is -0.389 e. The van der Waals surface area contributed by atoms with E-state index in [2.05, 4.69) is 4.72 Å². The molecule has 0 aliphatic carbocycles. The first kappa shape index (κ1) is 14.5. The number of rotatable bonds is 3. The number of hydrogen-bond acceptors (Lipinski definition) is 4. The Hall–Kier alpha value is -0.950. The maximum atomic E-state index is 12.2. The zero-order chi connectivity index (χ0) is 14.0. The van der Waals surface area contributed by atoms with E-state index in [1.807, 2.05) is 13.8 Å².